The van der Waals surface area contributed by atoms with E-state index in [1.165, 1.54) is 11.3 Å². The number of fused-ring (bicyclic) bond motifs is 3. The van der Waals surface area contributed by atoms with E-state index < -0.39 is 0 Å². The molecule has 0 amide bonds. The molecule has 0 saturated carbocycles. The van der Waals surface area contributed by atoms with Gasteiger partial charge >= 0.3 is 0 Å². The highest BCUT2D eigenvalue weighted by Crippen LogP contribution is 2.29. The Morgan fingerprint density at radius 3 is 2.68 bits per heavy atom. The smallest absolute Gasteiger partial charge is 0.274 e. The summed E-state index contributed by atoms with van der Waals surface area (Å²) in [6, 6.07) is 21.3. The van der Waals surface area contributed by atoms with E-state index in [-0.39, 0.29) is 5.56 Å². The molecule has 5 aromatic rings. The molecule has 0 aliphatic heterocycles. The maximum atomic E-state index is 13.0. The number of rotatable bonds is 5. The van der Waals surface area contributed by atoms with Crippen molar-refractivity contribution in [1.82, 2.24) is 9.38 Å². The number of ether oxygens (including phenoxy) is 2. The van der Waals surface area contributed by atoms with Crippen molar-refractivity contribution in [1.29, 1.82) is 0 Å². The van der Waals surface area contributed by atoms with Crippen LogP contribution < -0.4 is 19.6 Å². The first-order chi connectivity index (χ1) is 15.1. The molecule has 0 aliphatic rings. The summed E-state index contributed by atoms with van der Waals surface area (Å²) in [5.41, 5.74) is 3.51. The van der Waals surface area contributed by atoms with Crippen LogP contribution in [0.3, 0.4) is 0 Å². The molecular weight excluding hydrogens is 476 g/mol. The van der Waals surface area contributed by atoms with E-state index in [1.54, 1.807) is 11.5 Å². The van der Waals surface area contributed by atoms with Gasteiger partial charge in [0.2, 0.25) is 0 Å². The molecule has 0 bridgehead atoms. The quantitative estimate of drug-likeness (QED) is 0.353. The molecule has 0 N–H and O–H groups in total. The van der Waals surface area contributed by atoms with Gasteiger partial charge in [-0.2, -0.15) is 0 Å². The number of hydrogen-bond acceptors (Lipinski definition) is 5. The Balaban J connectivity index is 1.46. The van der Waals surface area contributed by atoms with Crippen molar-refractivity contribution >= 4 is 49.3 Å². The maximum Gasteiger partial charge on any atom is 0.274 e. The highest BCUT2D eigenvalue weighted by atomic mass is 79.9. The van der Waals surface area contributed by atoms with E-state index in [1.807, 2.05) is 72.8 Å². The molecule has 7 heteroatoms. The second-order valence-corrected chi connectivity index (χ2v) is 8.88. The molecule has 0 atom stereocenters. The zero-order chi connectivity index (χ0) is 21.4. The van der Waals surface area contributed by atoms with E-state index in [2.05, 4.69) is 20.9 Å². The lowest BCUT2D eigenvalue weighted by Crippen LogP contribution is -2.22. The number of thiazole rings is 1. The Hall–Kier alpha value is -3.16. The van der Waals surface area contributed by atoms with Crippen LogP contribution in [-0.4, -0.2) is 16.5 Å². The van der Waals surface area contributed by atoms with Crippen molar-refractivity contribution in [3.63, 3.8) is 0 Å². The van der Waals surface area contributed by atoms with Crippen LogP contribution in [0, 0.1) is 0 Å². The van der Waals surface area contributed by atoms with Crippen molar-refractivity contribution in [3.05, 3.63) is 97.2 Å². The van der Waals surface area contributed by atoms with Gasteiger partial charge in [0.05, 0.1) is 22.7 Å². The van der Waals surface area contributed by atoms with Gasteiger partial charge in [0.15, 0.2) is 16.5 Å². The summed E-state index contributed by atoms with van der Waals surface area (Å²) in [5.74, 6) is 1.27. The third kappa shape index (κ3) is 3.82. The van der Waals surface area contributed by atoms with Gasteiger partial charge in [0, 0.05) is 4.47 Å². The molecule has 2 aromatic heterocycles. The zero-order valence-corrected chi connectivity index (χ0v) is 18.9. The molecular formula is C24H17BrN2O3S. The van der Waals surface area contributed by atoms with Gasteiger partial charge in [0.25, 0.3) is 5.56 Å². The highest BCUT2D eigenvalue weighted by molar-refractivity contribution is 9.10. The first-order valence-electron chi connectivity index (χ1n) is 9.59. The van der Waals surface area contributed by atoms with Crippen LogP contribution in [0.1, 0.15) is 11.1 Å². The Morgan fingerprint density at radius 2 is 1.87 bits per heavy atom. The van der Waals surface area contributed by atoms with Gasteiger partial charge in [-0.05, 0) is 53.6 Å². The van der Waals surface area contributed by atoms with Crippen molar-refractivity contribution < 1.29 is 9.47 Å². The average Bonchev–Trinajstić information content (AvgIpc) is 3.30. The number of para-hydroxylation sites is 2. The van der Waals surface area contributed by atoms with E-state index in [4.69, 9.17) is 9.47 Å². The Bertz CT molecular complexity index is 1510. The fourth-order valence-corrected chi connectivity index (χ4v) is 4.65. The second-order valence-electron chi connectivity index (χ2n) is 6.96. The minimum absolute atomic E-state index is 0.0665. The third-order valence-corrected chi connectivity index (χ3v) is 6.44. The molecule has 0 spiro atoms. The summed E-state index contributed by atoms with van der Waals surface area (Å²) < 4.78 is 14.8. The number of benzene rings is 3. The number of imidazole rings is 1. The van der Waals surface area contributed by atoms with Gasteiger partial charge in [-0.15, -0.1) is 0 Å². The summed E-state index contributed by atoms with van der Waals surface area (Å²) in [4.78, 5) is 18.2. The normalized spacial score (nSPS) is 12.0. The third-order valence-electron chi connectivity index (χ3n) is 4.94. The maximum absolute atomic E-state index is 13.0. The summed E-state index contributed by atoms with van der Waals surface area (Å²) in [5, 5.41) is 0. The SMILES string of the molecule is COc1cc(C=c2sc3nc4ccccc4n3c2=O)ccc1OCc1ccc(Br)cc1. The molecule has 0 fully saturated rings. The first-order valence-corrected chi connectivity index (χ1v) is 11.2. The van der Waals surface area contributed by atoms with E-state index >= 15 is 0 Å². The predicted molar refractivity (Wildman–Crippen MR) is 127 cm³/mol. The molecule has 3 aromatic carbocycles. The van der Waals surface area contributed by atoms with Gasteiger partial charge < -0.3 is 9.47 Å². The van der Waals surface area contributed by atoms with Gasteiger partial charge in [0.1, 0.15) is 6.61 Å². The lowest BCUT2D eigenvalue weighted by Gasteiger charge is -2.11. The number of hydrogen-bond donors (Lipinski definition) is 0. The van der Waals surface area contributed by atoms with Crippen LogP contribution in [0.4, 0.5) is 0 Å². The lowest BCUT2D eigenvalue weighted by molar-refractivity contribution is 0.284. The van der Waals surface area contributed by atoms with Gasteiger partial charge in [-0.25, -0.2) is 9.38 Å². The van der Waals surface area contributed by atoms with Crippen LogP contribution in [-0.2, 0) is 6.61 Å². The predicted octanol–water partition coefficient (Wildman–Crippen LogP) is 4.81. The summed E-state index contributed by atoms with van der Waals surface area (Å²) in [7, 11) is 1.61. The standard InChI is InChI=1S/C24H17BrN2O3S/c1-29-21-12-16(8-11-20(21)30-14-15-6-9-17(25)10-7-15)13-22-23(28)27-19-5-3-2-4-18(19)26-24(27)31-22/h2-13H,14H2,1H3. The van der Waals surface area contributed by atoms with Gasteiger partial charge in [-0.3, -0.25) is 4.79 Å². The topological polar surface area (TPSA) is 52.8 Å². The molecule has 5 rings (SSSR count). The molecule has 2 heterocycles. The van der Waals surface area contributed by atoms with Crippen molar-refractivity contribution in [3.8, 4) is 11.5 Å². The molecule has 0 unspecified atom stereocenters. The first kappa shape index (κ1) is 19.8. The van der Waals surface area contributed by atoms with E-state index in [0.29, 0.717) is 27.6 Å². The molecule has 0 aliphatic carbocycles. The minimum atomic E-state index is -0.0665. The Labute approximate surface area is 190 Å². The fraction of sp³-hybridized carbons (Fsp3) is 0.0833. The average molecular weight is 493 g/mol. The van der Waals surface area contributed by atoms with Crippen molar-refractivity contribution in [2.45, 2.75) is 6.61 Å². The Morgan fingerprint density at radius 1 is 1.06 bits per heavy atom. The highest BCUT2D eigenvalue weighted by Gasteiger charge is 2.11. The van der Waals surface area contributed by atoms with E-state index in [9.17, 15) is 4.79 Å². The van der Waals surface area contributed by atoms with Crippen LogP contribution >= 0.6 is 27.3 Å². The van der Waals surface area contributed by atoms with Crippen LogP contribution in [0.25, 0.3) is 22.1 Å². The zero-order valence-electron chi connectivity index (χ0n) is 16.5. The molecule has 5 nitrogen and oxygen atoms in total. The molecule has 154 valence electrons. The number of methoxy groups -OCH3 is 1. The molecule has 0 radical (unpaired) electrons. The Kier molecular flexibility index (Phi) is 5.21. The van der Waals surface area contributed by atoms with Crippen LogP contribution in [0.15, 0.2) is 76.0 Å². The van der Waals surface area contributed by atoms with Crippen molar-refractivity contribution in [2.24, 2.45) is 0 Å². The summed E-state index contributed by atoms with van der Waals surface area (Å²) in [6.45, 7) is 0.437. The number of halogens is 1. The number of nitrogens with zero attached hydrogens (tertiary/aromatic N) is 2. The van der Waals surface area contributed by atoms with E-state index in [0.717, 1.165) is 26.6 Å². The second kappa shape index (κ2) is 8.17. The summed E-state index contributed by atoms with van der Waals surface area (Å²) in [6.07, 6.45) is 1.86. The number of aromatic nitrogens is 2. The van der Waals surface area contributed by atoms with Crippen LogP contribution in [0.2, 0.25) is 0 Å². The lowest BCUT2D eigenvalue weighted by atomic mass is 10.2. The monoisotopic (exact) mass is 492 g/mol. The van der Waals surface area contributed by atoms with Crippen molar-refractivity contribution in [2.75, 3.05) is 7.11 Å². The summed E-state index contributed by atoms with van der Waals surface area (Å²) >= 11 is 4.81. The molecule has 31 heavy (non-hydrogen) atoms. The molecule has 0 saturated heterocycles. The van der Waals surface area contributed by atoms with Crippen LogP contribution in [0.5, 0.6) is 11.5 Å². The fourth-order valence-electron chi connectivity index (χ4n) is 3.40. The largest absolute Gasteiger partial charge is 0.493 e. The minimum Gasteiger partial charge on any atom is -0.493 e. The van der Waals surface area contributed by atoms with Gasteiger partial charge in [-0.1, -0.05) is 57.6 Å².